The third kappa shape index (κ3) is 2.58. The fourth-order valence-electron chi connectivity index (χ4n) is 1.46. The molecule has 1 atom stereocenters. The van der Waals surface area contributed by atoms with Crippen LogP contribution in [0.4, 0.5) is 0 Å². The molecule has 76 valence electrons. The predicted molar refractivity (Wildman–Crippen MR) is 59.4 cm³/mol. The summed E-state index contributed by atoms with van der Waals surface area (Å²) in [7, 11) is 0. The van der Waals surface area contributed by atoms with Crippen LogP contribution < -0.4 is 0 Å². The smallest absolute Gasteiger partial charge is 0.311 e. The largest absolute Gasteiger partial charge is 0.481 e. The van der Waals surface area contributed by atoms with E-state index < -0.39 is 11.9 Å². The summed E-state index contributed by atoms with van der Waals surface area (Å²) in [4.78, 5) is 11.0. The van der Waals surface area contributed by atoms with Crippen LogP contribution in [0.5, 0.6) is 0 Å². The van der Waals surface area contributed by atoms with Crippen molar-refractivity contribution in [3.8, 4) is 0 Å². The van der Waals surface area contributed by atoms with E-state index in [0.717, 1.165) is 16.5 Å². The zero-order valence-corrected chi connectivity index (χ0v) is 9.62. The highest BCUT2D eigenvalue weighted by Crippen LogP contribution is 2.28. The van der Waals surface area contributed by atoms with Gasteiger partial charge in [0.1, 0.15) is 0 Å². The summed E-state index contributed by atoms with van der Waals surface area (Å²) in [6.45, 7) is 1.99. The molecule has 0 amide bonds. The molecule has 0 aliphatic carbocycles. The summed E-state index contributed by atoms with van der Waals surface area (Å²) in [6.07, 6.45) is 1.55. The number of halogens is 1. The van der Waals surface area contributed by atoms with Crippen molar-refractivity contribution in [1.82, 2.24) is 0 Å². The standard InChI is InChI=1S/C11H13BrO2/c1-2-5-9(11(13)14)8-6-3-4-7-10(8)12/h3-4,6-7,9H,2,5H2,1H3,(H,13,14). The topological polar surface area (TPSA) is 37.3 Å². The lowest BCUT2D eigenvalue weighted by Crippen LogP contribution is -2.11. The van der Waals surface area contributed by atoms with Gasteiger partial charge >= 0.3 is 5.97 Å². The van der Waals surface area contributed by atoms with Gasteiger partial charge in [0.2, 0.25) is 0 Å². The number of carboxylic acids is 1. The van der Waals surface area contributed by atoms with Gasteiger partial charge in [0.15, 0.2) is 0 Å². The number of hydrogen-bond donors (Lipinski definition) is 1. The van der Waals surface area contributed by atoms with Crippen LogP contribution in [0, 0.1) is 0 Å². The van der Waals surface area contributed by atoms with E-state index in [0.29, 0.717) is 6.42 Å². The molecule has 14 heavy (non-hydrogen) atoms. The minimum Gasteiger partial charge on any atom is -0.481 e. The van der Waals surface area contributed by atoms with Crippen molar-refractivity contribution in [2.24, 2.45) is 0 Å². The van der Waals surface area contributed by atoms with E-state index in [-0.39, 0.29) is 0 Å². The highest BCUT2D eigenvalue weighted by Gasteiger charge is 2.20. The van der Waals surface area contributed by atoms with Crippen LogP contribution in [-0.2, 0) is 4.79 Å². The Hall–Kier alpha value is -0.830. The third-order valence-electron chi connectivity index (χ3n) is 2.16. The van der Waals surface area contributed by atoms with Gasteiger partial charge in [-0.05, 0) is 18.1 Å². The molecule has 0 fully saturated rings. The van der Waals surface area contributed by atoms with E-state index >= 15 is 0 Å². The second kappa shape index (κ2) is 5.15. The average Bonchev–Trinajstić information content (AvgIpc) is 2.15. The number of carboxylic acid groups (broad SMARTS) is 1. The zero-order chi connectivity index (χ0) is 10.6. The number of benzene rings is 1. The van der Waals surface area contributed by atoms with E-state index in [1.54, 1.807) is 0 Å². The molecule has 0 spiro atoms. The van der Waals surface area contributed by atoms with Gasteiger partial charge in [-0.2, -0.15) is 0 Å². The number of aliphatic carboxylic acids is 1. The fourth-order valence-corrected chi connectivity index (χ4v) is 2.02. The Bertz CT molecular complexity index is 323. The minimum atomic E-state index is -0.751. The first-order valence-corrected chi connectivity index (χ1v) is 5.43. The molecular formula is C11H13BrO2. The van der Waals surface area contributed by atoms with Gasteiger partial charge in [0.25, 0.3) is 0 Å². The molecule has 1 aromatic rings. The molecule has 0 aliphatic rings. The van der Waals surface area contributed by atoms with Gasteiger partial charge in [-0.1, -0.05) is 47.5 Å². The maximum atomic E-state index is 11.0. The maximum absolute atomic E-state index is 11.0. The molecule has 0 saturated heterocycles. The first-order valence-electron chi connectivity index (χ1n) is 4.64. The van der Waals surface area contributed by atoms with Gasteiger partial charge in [-0.15, -0.1) is 0 Å². The lowest BCUT2D eigenvalue weighted by Gasteiger charge is -2.12. The summed E-state index contributed by atoms with van der Waals surface area (Å²) < 4.78 is 0.876. The van der Waals surface area contributed by atoms with E-state index in [9.17, 15) is 4.79 Å². The quantitative estimate of drug-likeness (QED) is 0.897. The van der Waals surface area contributed by atoms with Crippen molar-refractivity contribution >= 4 is 21.9 Å². The molecule has 0 aromatic heterocycles. The third-order valence-corrected chi connectivity index (χ3v) is 2.88. The van der Waals surface area contributed by atoms with Gasteiger partial charge < -0.3 is 5.11 Å². The van der Waals surface area contributed by atoms with Gasteiger partial charge in [0, 0.05) is 4.47 Å². The Kier molecular flexibility index (Phi) is 4.14. The van der Waals surface area contributed by atoms with Crippen LogP contribution >= 0.6 is 15.9 Å². The van der Waals surface area contributed by atoms with Crippen molar-refractivity contribution in [1.29, 1.82) is 0 Å². The normalized spacial score (nSPS) is 12.4. The summed E-state index contributed by atoms with van der Waals surface area (Å²) in [6, 6.07) is 7.49. The van der Waals surface area contributed by atoms with Crippen LogP contribution in [0.15, 0.2) is 28.7 Å². The van der Waals surface area contributed by atoms with E-state index in [1.165, 1.54) is 0 Å². The minimum absolute atomic E-state index is 0.393. The van der Waals surface area contributed by atoms with Gasteiger partial charge in [-0.25, -0.2) is 0 Å². The molecule has 0 radical (unpaired) electrons. The number of hydrogen-bond acceptors (Lipinski definition) is 1. The first-order chi connectivity index (χ1) is 6.66. The van der Waals surface area contributed by atoms with Crippen LogP contribution in [0.1, 0.15) is 31.2 Å². The van der Waals surface area contributed by atoms with Crippen LogP contribution in [0.3, 0.4) is 0 Å². The molecule has 0 saturated carbocycles. The Morgan fingerprint density at radius 1 is 1.50 bits per heavy atom. The average molecular weight is 257 g/mol. The number of carbonyl (C=O) groups is 1. The Morgan fingerprint density at radius 3 is 2.64 bits per heavy atom. The second-order valence-corrected chi connectivity index (χ2v) is 4.06. The molecule has 1 unspecified atom stereocenters. The molecule has 0 bridgehead atoms. The Labute approximate surface area is 92.1 Å². The van der Waals surface area contributed by atoms with Gasteiger partial charge in [-0.3, -0.25) is 4.79 Å². The molecule has 1 N–H and O–H groups in total. The van der Waals surface area contributed by atoms with Crippen LogP contribution in [-0.4, -0.2) is 11.1 Å². The molecule has 0 heterocycles. The fraction of sp³-hybridized carbons (Fsp3) is 0.364. The van der Waals surface area contributed by atoms with Crippen molar-refractivity contribution in [2.75, 3.05) is 0 Å². The predicted octanol–water partition coefficient (Wildman–Crippen LogP) is 3.42. The lowest BCUT2D eigenvalue weighted by atomic mass is 9.95. The SMILES string of the molecule is CCCC(C(=O)O)c1ccccc1Br. The van der Waals surface area contributed by atoms with Gasteiger partial charge in [0.05, 0.1) is 5.92 Å². The van der Waals surface area contributed by atoms with Crippen molar-refractivity contribution < 1.29 is 9.90 Å². The summed E-state index contributed by atoms with van der Waals surface area (Å²) in [5, 5.41) is 9.06. The number of rotatable bonds is 4. The monoisotopic (exact) mass is 256 g/mol. The molecule has 2 nitrogen and oxygen atoms in total. The molecule has 1 aromatic carbocycles. The molecule has 0 aliphatic heterocycles. The van der Waals surface area contributed by atoms with Crippen LogP contribution in [0.2, 0.25) is 0 Å². The molecular weight excluding hydrogens is 244 g/mol. The van der Waals surface area contributed by atoms with Crippen molar-refractivity contribution in [3.05, 3.63) is 34.3 Å². The summed E-state index contributed by atoms with van der Waals surface area (Å²) >= 11 is 3.37. The second-order valence-electron chi connectivity index (χ2n) is 3.20. The van der Waals surface area contributed by atoms with Crippen LogP contribution in [0.25, 0.3) is 0 Å². The summed E-state index contributed by atoms with van der Waals surface area (Å²) in [5.74, 6) is -1.14. The van der Waals surface area contributed by atoms with Crippen molar-refractivity contribution in [2.45, 2.75) is 25.7 Å². The van der Waals surface area contributed by atoms with Crippen molar-refractivity contribution in [3.63, 3.8) is 0 Å². The molecule has 1 rings (SSSR count). The highest BCUT2D eigenvalue weighted by molar-refractivity contribution is 9.10. The van der Waals surface area contributed by atoms with E-state index in [4.69, 9.17) is 5.11 Å². The lowest BCUT2D eigenvalue weighted by molar-refractivity contribution is -0.139. The maximum Gasteiger partial charge on any atom is 0.311 e. The first kappa shape index (κ1) is 11.2. The highest BCUT2D eigenvalue weighted by atomic mass is 79.9. The Morgan fingerprint density at radius 2 is 2.14 bits per heavy atom. The Balaban J connectivity index is 2.99. The molecule has 3 heteroatoms. The zero-order valence-electron chi connectivity index (χ0n) is 8.03. The van der Waals surface area contributed by atoms with E-state index in [1.807, 2.05) is 31.2 Å². The summed E-state index contributed by atoms with van der Waals surface area (Å²) in [5.41, 5.74) is 0.863. The van der Waals surface area contributed by atoms with E-state index in [2.05, 4.69) is 15.9 Å².